The maximum Gasteiger partial charge on any atom is 0.259 e. The maximum atomic E-state index is 12.9. The van der Waals surface area contributed by atoms with Crippen LogP contribution in [0.3, 0.4) is 0 Å². The van der Waals surface area contributed by atoms with Crippen LogP contribution >= 0.6 is 15.9 Å². The molecule has 1 aromatic rings. The lowest BCUT2D eigenvalue weighted by Crippen LogP contribution is -2.44. The summed E-state index contributed by atoms with van der Waals surface area (Å²) >= 11 is 3.22. The van der Waals surface area contributed by atoms with Gasteiger partial charge in [0, 0.05) is 18.1 Å². The highest BCUT2D eigenvalue weighted by atomic mass is 79.9. The van der Waals surface area contributed by atoms with Crippen LogP contribution in [-0.2, 0) is 21.0 Å². The average molecular weight is 359 g/mol. The maximum absolute atomic E-state index is 12.9. The van der Waals surface area contributed by atoms with Gasteiger partial charge in [0.15, 0.2) is 0 Å². The summed E-state index contributed by atoms with van der Waals surface area (Å²) in [6.45, 7) is 2.23. The number of rotatable bonds is 4. The Kier molecular flexibility index (Phi) is 4.63. The molecule has 1 aliphatic rings. The number of hydrogen-bond donors (Lipinski definition) is 1. The van der Waals surface area contributed by atoms with Crippen LogP contribution in [0, 0.1) is 11.2 Å². The topological polar surface area (TPSA) is 58.6 Å². The second-order valence-corrected chi connectivity index (χ2v) is 6.12. The van der Waals surface area contributed by atoms with Crippen molar-refractivity contribution in [3.05, 3.63) is 34.1 Å². The smallest absolute Gasteiger partial charge is 0.259 e. The molecule has 1 fully saturated rings. The first-order valence-electron chi connectivity index (χ1n) is 6.46. The minimum absolute atomic E-state index is 0.0761. The Morgan fingerprint density at radius 2 is 2.29 bits per heavy atom. The van der Waals surface area contributed by atoms with Crippen molar-refractivity contribution in [1.82, 2.24) is 10.4 Å². The molecule has 1 N–H and O–H groups in total. The van der Waals surface area contributed by atoms with Gasteiger partial charge in [0.25, 0.3) is 5.91 Å². The molecule has 0 bridgehead atoms. The number of nitrogens with one attached hydrogen (secondary N) is 1. The quantitative estimate of drug-likeness (QED) is 0.661. The van der Waals surface area contributed by atoms with Crippen LogP contribution in [0.15, 0.2) is 22.7 Å². The van der Waals surface area contributed by atoms with Gasteiger partial charge >= 0.3 is 0 Å². The zero-order chi connectivity index (χ0) is 15.6. The van der Waals surface area contributed by atoms with Crippen LogP contribution in [0.25, 0.3) is 0 Å². The molecule has 21 heavy (non-hydrogen) atoms. The van der Waals surface area contributed by atoms with E-state index in [2.05, 4.69) is 21.4 Å². The molecule has 0 aromatic heterocycles. The van der Waals surface area contributed by atoms with Gasteiger partial charge < -0.3 is 4.90 Å². The van der Waals surface area contributed by atoms with E-state index >= 15 is 0 Å². The van der Waals surface area contributed by atoms with Crippen molar-refractivity contribution in [2.24, 2.45) is 5.41 Å². The fourth-order valence-corrected chi connectivity index (χ4v) is 2.63. The highest BCUT2D eigenvalue weighted by molar-refractivity contribution is 9.10. The lowest BCUT2D eigenvalue weighted by atomic mass is 9.88. The molecule has 0 spiro atoms. The van der Waals surface area contributed by atoms with Gasteiger partial charge in [-0.15, -0.1) is 0 Å². The van der Waals surface area contributed by atoms with E-state index in [-0.39, 0.29) is 18.3 Å². The summed E-state index contributed by atoms with van der Waals surface area (Å²) in [5.74, 6) is -1.04. The zero-order valence-electron chi connectivity index (χ0n) is 11.8. The summed E-state index contributed by atoms with van der Waals surface area (Å²) < 4.78 is 13.5. The Bertz CT molecular complexity index is 581. The predicted molar refractivity (Wildman–Crippen MR) is 77.4 cm³/mol. The minimum Gasteiger partial charge on any atom is -0.345 e. The molecule has 5 nitrogen and oxygen atoms in total. The second-order valence-electron chi connectivity index (χ2n) is 5.26. The van der Waals surface area contributed by atoms with Crippen LogP contribution in [-0.4, -0.2) is 30.3 Å². The van der Waals surface area contributed by atoms with E-state index in [4.69, 9.17) is 4.84 Å². The molecule has 7 heteroatoms. The zero-order valence-corrected chi connectivity index (χ0v) is 13.4. The molecule has 114 valence electrons. The molecule has 1 unspecified atom stereocenters. The largest absolute Gasteiger partial charge is 0.345 e. The number of amides is 2. The third-order valence-corrected chi connectivity index (χ3v) is 4.41. The summed E-state index contributed by atoms with van der Waals surface area (Å²) in [7, 11) is 1.66. The Balaban J connectivity index is 1.91. The first kappa shape index (κ1) is 15.9. The van der Waals surface area contributed by atoms with Gasteiger partial charge in [0.1, 0.15) is 17.8 Å². The number of hydrogen-bond acceptors (Lipinski definition) is 3. The summed E-state index contributed by atoms with van der Waals surface area (Å²) in [4.78, 5) is 30.7. The van der Waals surface area contributed by atoms with Gasteiger partial charge in [-0.3, -0.25) is 14.4 Å². The van der Waals surface area contributed by atoms with Gasteiger partial charge in [0.2, 0.25) is 5.91 Å². The number of hydroxylamine groups is 1. The van der Waals surface area contributed by atoms with Gasteiger partial charge in [-0.05, 0) is 31.0 Å². The molecule has 1 aliphatic heterocycles. The molecule has 2 amide bonds. The van der Waals surface area contributed by atoms with Crippen molar-refractivity contribution in [1.29, 1.82) is 0 Å². The molecule has 2 rings (SSSR count). The van der Waals surface area contributed by atoms with Crippen molar-refractivity contribution in [2.45, 2.75) is 20.0 Å². The number of carbonyl (C=O) groups excluding carboxylic acids is 2. The summed E-state index contributed by atoms with van der Waals surface area (Å²) in [5.41, 5.74) is 1.91. The monoisotopic (exact) mass is 358 g/mol. The van der Waals surface area contributed by atoms with E-state index in [0.717, 1.165) is 0 Å². The Labute approximate surface area is 130 Å². The van der Waals surface area contributed by atoms with E-state index in [1.165, 1.54) is 17.0 Å². The van der Waals surface area contributed by atoms with Crippen LogP contribution in [0.1, 0.15) is 18.9 Å². The molecule has 0 radical (unpaired) electrons. The Hall–Kier alpha value is -1.47. The van der Waals surface area contributed by atoms with Gasteiger partial charge in [0.05, 0.1) is 0 Å². The summed E-state index contributed by atoms with van der Waals surface area (Å²) in [6.07, 6.45) is 0.456. The molecule has 0 saturated carbocycles. The number of carbonyl (C=O) groups is 2. The molecule has 1 heterocycles. The predicted octanol–water partition coefficient (Wildman–Crippen LogP) is 2.00. The van der Waals surface area contributed by atoms with Crippen molar-refractivity contribution in [2.75, 3.05) is 13.6 Å². The number of benzene rings is 1. The normalized spacial score (nSPS) is 21.7. The van der Waals surface area contributed by atoms with Crippen LogP contribution in [0.5, 0.6) is 0 Å². The highest BCUT2D eigenvalue weighted by Gasteiger charge is 2.47. The number of likely N-dealkylation sites (tertiary alicyclic amines) is 1. The highest BCUT2D eigenvalue weighted by Crippen LogP contribution is 2.30. The SMILES string of the molecule is CN1CCC(C)(C(=O)NOCc2ccc(F)cc2Br)C1=O. The van der Waals surface area contributed by atoms with Crippen LogP contribution in [0.4, 0.5) is 4.39 Å². The average Bonchev–Trinajstić information content (AvgIpc) is 2.70. The summed E-state index contributed by atoms with van der Waals surface area (Å²) in [5, 5.41) is 0. The fraction of sp³-hybridized carbons (Fsp3) is 0.429. The minimum atomic E-state index is -1.09. The van der Waals surface area contributed by atoms with Gasteiger partial charge in [-0.2, -0.15) is 0 Å². The van der Waals surface area contributed by atoms with Crippen molar-refractivity contribution < 1.29 is 18.8 Å². The van der Waals surface area contributed by atoms with Crippen LogP contribution < -0.4 is 5.48 Å². The molecule has 1 aromatic carbocycles. The van der Waals surface area contributed by atoms with Crippen molar-refractivity contribution in [3.8, 4) is 0 Å². The van der Waals surface area contributed by atoms with Crippen molar-refractivity contribution in [3.63, 3.8) is 0 Å². The molecular formula is C14H16BrFN2O3. The standard InChI is InChI=1S/C14H16BrFN2O3/c1-14(5-6-18(2)13(14)20)12(19)17-21-8-9-3-4-10(16)7-11(9)15/h3-4,7H,5-6,8H2,1-2H3,(H,17,19). The second kappa shape index (κ2) is 6.11. The first-order chi connectivity index (χ1) is 9.84. The van der Waals surface area contributed by atoms with Gasteiger partial charge in [-0.25, -0.2) is 9.87 Å². The van der Waals surface area contributed by atoms with Crippen molar-refractivity contribution >= 4 is 27.7 Å². The third-order valence-electron chi connectivity index (χ3n) is 3.67. The van der Waals surface area contributed by atoms with E-state index < -0.39 is 11.3 Å². The third kappa shape index (κ3) is 3.24. The van der Waals surface area contributed by atoms with E-state index in [1.807, 2.05) is 0 Å². The Morgan fingerprint density at radius 1 is 1.57 bits per heavy atom. The number of nitrogens with zero attached hydrogens (tertiary/aromatic N) is 1. The van der Waals surface area contributed by atoms with E-state index in [9.17, 15) is 14.0 Å². The first-order valence-corrected chi connectivity index (χ1v) is 7.25. The lowest BCUT2D eigenvalue weighted by molar-refractivity contribution is -0.152. The molecular weight excluding hydrogens is 343 g/mol. The Morgan fingerprint density at radius 3 is 2.86 bits per heavy atom. The summed E-state index contributed by atoms with van der Waals surface area (Å²) in [6, 6.07) is 4.18. The molecule has 1 atom stereocenters. The lowest BCUT2D eigenvalue weighted by Gasteiger charge is -2.20. The number of halogens is 2. The van der Waals surface area contributed by atoms with E-state index in [1.54, 1.807) is 20.0 Å². The van der Waals surface area contributed by atoms with Gasteiger partial charge in [-0.1, -0.05) is 22.0 Å². The van der Waals surface area contributed by atoms with E-state index in [0.29, 0.717) is 23.0 Å². The molecule has 1 saturated heterocycles. The van der Waals surface area contributed by atoms with Crippen LogP contribution in [0.2, 0.25) is 0 Å². The fourth-order valence-electron chi connectivity index (χ4n) is 2.16. The molecule has 0 aliphatic carbocycles.